The Morgan fingerprint density at radius 2 is 1.50 bits per heavy atom. The Bertz CT molecular complexity index is 737. The maximum absolute atomic E-state index is 12.1. The summed E-state index contributed by atoms with van der Waals surface area (Å²) in [5.74, 6) is -0.0923. The molecule has 3 rings (SSSR count). The van der Waals surface area contributed by atoms with E-state index >= 15 is 0 Å². The van der Waals surface area contributed by atoms with Crippen molar-refractivity contribution in [3.05, 3.63) is 90.3 Å². The Morgan fingerprint density at radius 3 is 2.18 bits per heavy atom. The molecule has 0 fully saturated rings. The molecule has 1 amide bonds. The topological polar surface area (TPSA) is 42.0 Å². The highest BCUT2D eigenvalue weighted by Crippen LogP contribution is 2.19. The molecule has 0 aliphatic carbocycles. The highest BCUT2D eigenvalue weighted by molar-refractivity contribution is 5.94. The molecular formula is C19H16N2O. The van der Waals surface area contributed by atoms with Crippen LogP contribution in [-0.2, 0) is 6.54 Å². The first-order valence-corrected chi connectivity index (χ1v) is 7.16. The van der Waals surface area contributed by atoms with Crippen molar-refractivity contribution in [2.75, 3.05) is 0 Å². The summed E-state index contributed by atoms with van der Waals surface area (Å²) in [7, 11) is 0. The summed E-state index contributed by atoms with van der Waals surface area (Å²) in [6.45, 7) is 0.431. The van der Waals surface area contributed by atoms with Gasteiger partial charge in [0, 0.05) is 11.8 Å². The molecule has 0 unspecified atom stereocenters. The van der Waals surface area contributed by atoms with Gasteiger partial charge in [-0.1, -0.05) is 48.5 Å². The molecule has 0 bridgehead atoms. The zero-order chi connectivity index (χ0) is 15.2. The molecule has 1 heterocycles. The Kier molecular flexibility index (Phi) is 4.25. The number of carbonyl (C=O) groups excluding carboxylic acids is 1. The number of hydrogen-bond acceptors (Lipinski definition) is 2. The highest BCUT2D eigenvalue weighted by atomic mass is 16.1. The van der Waals surface area contributed by atoms with Gasteiger partial charge in [0.25, 0.3) is 5.91 Å². The van der Waals surface area contributed by atoms with Gasteiger partial charge in [0.15, 0.2) is 0 Å². The molecule has 0 aliphatic heterocycles. The average molecular weight is 288 g/mol. The fraction of sp³-hybridized carbons (Fsp3) is 0.0526. The largest absolute Gasteiger partial charge is 0.346 e. The number of nitrogens with zero attached hydrogens (tertiary/aromatic N) is 1. The molecule has 0 saturated carbocycles. The van der Waals surface area contributed by atoms with Crippen LogP contribution in [0.1, 0.15) is 16.1 Å². The van der Waals surface area contributed by atoms with E-state index in [1.54, 1.807) is 6.20 Å². The fourth-order valence-electron chi connectivity index (χ4n) is 2.22. The number of pyridine rings is 1. The third-order valence-corrected chi connectivity index (χ3v) is 3.41. The number of benzene rings is 2. The molecule has 1 N–H and O–H groups in total. The third-order valence-electron chi connectivity index (χ3n) is 3.41. The van der Waals surface area contributed by atoms with E-state index in [9.17, 15) is 4.79 Å². The zero-order valence-electron chi connectivity index (χ0n) is 12.1. The second-order valence-electron chi connectivity index (χ2n) is 4.95. The number of nitrogens with one attached hydrogen (secondary N) is 1. The van der Waals surface area contributed by atoms with Crippen LogP contribution in [0.2, 0.25) is 0 Å². The molecule has 2 aromatic carbocycles. The van der Waals surface area contributed by atoms with Crippen molar-refractivity contribution in [3.8, 4) is 11.1 Å². The van der Waals surface area contributed by atoms with Gasteiger partial charge in [0.2, 0.25) is 0 Å². The van der Waals surface area contributed by atoms with E-state index in [0.29, 0.717) is 12.1 Å². The molecule has 0 saturated heterocycles. The molecule has 108 valence electrons. The first kappa shape index (κ1) is 14.0. The summed E-state index contributed by atoms with van der Waals surface area (Å²) in [6.07, 6.45) is 1.72. The molecule has 3 nitrogen and oxygen atoms in total. The van der Waals surface area contributed by atoms with Gasteiger partial charge in [-0.15, -0.1) is 0 Å². The molecule has 0 aliphatic rings. The van der Waals surface area contributed by atoms with Crippen molar-refractivity contribution in [1.29, 1.82) is 0 Å². The Balaban J connectivity index is 1.66. The van der Waals surface area contributed by atoms with E-state index < -0.39 is 0 Å². The monoisotopic (exact) mass is 288 g/mol. The summed E-state index contributed by atoms with van der Waals surface area (Å²) < 4.78 is 0. The summed E-state index contributed by atoms with van der Waals surface area (Å²) in [5.41, 5.74) is 3.73. The van der Waals surface area contributed by atoms with Gasteiger partial charge in [-0.05, 0) is 35.4 Å². The van der Waals surface area contributed by atoms with Crippen LogP contribution in [0.5, 0.6) is 0 Å². The van der Waals surface area contributed by atoms with Gasteiger partial charge >= 0.3 is 0 Å². The number of rotatable bonds is 4. The Morgan fingerprint density at radius 1 is 0.818 bits per heavy atom. The molecular weight excluding hydrogens is 272 g/mol. The quantitative estimate of drug-likeness (QED) is 0.795. The second-order valence-corrected chi connectivity index (χ2v) is 4.95. The predicted octanol–water partition coefficient (Wildman–Crippen LogP) is 3.68. The molecule has 0 radical (unpaired) electrons. The van der Waals surface area contributed by atoms with Crippen molar-refractivity contribution in [2.24, 2.45) is 0 Å². The lowest BCUT2D eigenvalue weighted by Gasteiger charge is -2.06. The van der Waals surface area contributed by atoms with E-state index in [4.69, 9.17) is 0 Å². The Hall–Kier alpha value is -2.94. The minimum absolute atomic E-state index is 0.0923. The predicted molar refractivity (Wildman–Crippen MR) is 87.3 cm³/mol. The first-order valence-electron chi connectivity index (χ1n) is 7.16. The van der Waals surface area contributed by atoms with E-state index in [2.05, 4.69) is 22.4 Å². The second kappa shape index (κ2) is 6.68. The van der Waals surface area contributed by atoms with Gasteiger partial charge < -0.3 is 5.32 Å². The van der Waals surface area contributed by atoms with E-state index in [1.165, 1.54) is 0 Å². The van der Waals surface area contributed by atoms with Crippen LogP contribution < -0.4 is 5.32 Å². The summed E-state index contributed by atoms with van der Waals surface area (Å²) >= 11 is 0. The molecule has 3 aromatic rings. The van der Waals surface area contributed by atoms with E-state index in [-0.39, 0.29) is 5.91 Å². The molecule has 22 heavy (non-hydrogen) atoms. The van der Waals surface area contributed by atoms with Gasteiger partial charge in [-0.25, -0.2) is 0 Å². The highest BCUT2D eigenvalue weighted by Gasteiger charge is 2.06. The van der Waals surface area contributed by atoms with Gasteiger partial charge in [0.1, 0.15) is 0 Å². The van der Waals surface area contributed by atoms with Crippen LogP contribution in [0.3, 0.4) is 0 Å². The van der Waals surface area contributed by atoms with Crippen molar-refractivity contribution in [1.82, 2.24) is 10.3 Å². The van der Waals surface area contributed by atoms with Crippen LogP contribution in [0, 0.1) is 0 Å². The lowest BCUT2D eigenvalue weighted by atomic mass is 10.0. The van der Waals surface area contributed by atoms with E-state index in [0.717, 1.165) is 16.8 Å². The summed E-state index contributed by atoms with van der Waals surface area (Å²) in [4.78, 5) is 16.3. The number of carbonyl (C=O) groups is 1. The van der Waals surface area contributed by atoms with Crippen molar-refractivity contribution in [2.45, 2.75) is 6.54 Å². The van der Waals surface area contributed by atoms with Crippen LogP contribution in [-0.4, -0.2) is 10.9 Å². The van der Waals surface area contributed by atoms with Gasteiger partial charge in [0.05, 0.1) is 12.2 Å². The summed E-state index contributed by atoms with van der Waals surface area (Å²) in [6, 6.07) is 23.4. The fourth-order valence-corrected chi connectivity index (χ4v) is 2.22. The van der Waals surface area contributed by atoms with Crippen LogP contribution in [0.25, 0.3) is 11.1 Å². The molecule has 1 aromatic heterocycles. The maximum atomic E-state index is 12.1. The maximum Gasteiger partial charge on any atom is 0.251 e. The lowest BCUT2D eigenvalue weighted by Crippen LogP contribution is -2.23. The number of hydrogen-bond donors (Lipinski definition) is 1. The molecule has 0 spiro atoms. The first-order chi connectivity index (χ1) is 10.8. The summed E-state index contributed by atoms with van der Waals surface area (Å²) in [5, 5.41) is 2.87. The minimum Gasteiger partial charge on any atom is -0.346 e. The van der Waals surface area contributed by atoms with E-state index in [1.807, 2.05) is 60.7 Å². The Labute approximate surface area is 129 Å². The SMILES string of the molecule is O=C(NCc1ccccn1)c1ccc(-c2ccccc2)cc1. The normalized spacial score (nSPS) is 10.2. The van der Waals surface area contributed by atoms with Crippen LogP contribution in [0.15, 0.2) is 79.0 Å². The lowest BCUT2D eigenvalue weighted by molar-refractivity contribution is 0.0950. The van der Waals surface area contributed by atoms with Crippen molar-refractivity contribution in [3.63, 3.8) is 0 Å². The molecule has 0 atom stereocenters. The number of amides is 1. The van der Waals surface area contributed by atoms with Crippen molar-refractivity contribution < 1.29 is 4.79 Å². The van der Waals surface area contributed by atoms with Crippen LogP contribution >= 0.6 is 0 Å². The van der Waals surface area contributed by atoms with Gasteiger partial charge in [-0.2, -0.15) is 0 Å². The minimum atomic E-state index is -0.0923. The third kappa shape index (κ3) is 3.38. The smallest absolute Gasteiger partial charge is 0.251 e. The molecule has 3 heteroatoms. The zero-order valence-corrected chi connectivity index (χ0v) is 12.1. The average Bonchev–Trinajstić information content (AvgIpc) is 2.61. The van der Waals surface area contributed by atoms with Crippen molar-refractivity contribution >= 4 is 5.91 Å². The van der Waals surface area contributed by atoms with Crippen LogP contribution in [0.4, 0.5) is 0 Å². The number of aromatic nitrogens is 1. The standard InChI is InChI=1S/C19H16N2O/c22-19(21-14-18-8-4-5-13-20-18)17-11-9-16(10-12-17)15-6-2-1-3-7-15/h1-13H,14H2,(H,21,22). The van der Waals surface area contributed by atoms with Gasteiger partial charge in [-0.3, -0.25) is 9.78 Å².